The fraction of sp³-hybridized carbons (Fsp3) is 0.467. The van der Waals surface area contributed by atoms with Gasteiger partial charge in [0.2, 0.25) is 5.91 Å². The van der Waals surface area contributed by atoms with E-state index in [2.05, 4.69) is 23.6 Å². The molecule has 0 spiro atoms. The molecule has 0 saturated heterocycles. The molecule has 4 nitrogen and oxygen atoms in total. The Morgan fingerprint density at radius 3 is 2.63 bits per heavy atom. The minimum atomic E-state index is 0.0228. The lowest BCUT2D eigenvalue weighted by Crippen LogP contribution is -2.38. The fourth-order valence-electron chi connectivity index (χ4n) is 1.85. The summed E-state index contributed by atoms with van der Waals surface area (Å²) in [6, 6.07) is 9.65. The second-order valence-corrected chi connectivity index (χ2v) is 4.67. The first-order valence-corrected chi connectivity index (χ1v) is 6.64. The molecule has 2 N–H and O–H groups in total. The minimum absolute atomic E-state index is 0.0228. The Balaban J connectivity index is 2.26. The number of nitriles is 1. The van der Waals surface area contributed by atoms with Gasteiger partial charge >= 0.3 is 0 Å². The number of hydrogen-bond acceptors (Lipinski definition) is 3. The van der Waals surface area contributed by atoms with Crippen LogP contribution in [0.15, 0.2) is 24.3 Å². The summed E-state index contributed by atoms with van der Waals surface area (Å²) in [7, 11) is 0. The van der Waals surface area contributed by atoms with Gasteiger partial charge in [-0.1, -0.05) is 25.5 Å². The van der Waals surface area contributed by atoms with E-state index in [1.807, 2.05) is 19.1 Å². The molecule has 102 valence electrons. The van der Waals surface area contributed by atoms with E-state index in [0.29, 0.717) is 18.7 Å². The van der Waals surface area contributed by atoms with E-state index < -0.39 is 0 Å². The second kappa shape index (κ2) is 8.28. The first-order chi connectivity index (χ1) is 9.15. The van der Waals surface area contributed by atoms with Gasteiger partial charge in [-0.05, 0) is 31.0 Å². The molecule has 0 aliphatic rings. The smallest absolute Gasteiger partial charge is 0.234 e. The van der Waals surface area contributed by atoms with Crippen LogP contribution in [0, 0.1) is 11.3 Å². The van der Waals surface area contributed by atoms with Gasteiger partial charge in [0.05, 0.1) is 18.2 Å². The first-order valence-electron chi connectivity index (χ1n) is 6.64. The van der Waals surface area contributed by atoms with Crippen LogP contribution in [0.4, 0.5) is 0 Å². The largest absolute Gasteiger partial charge is 0.353 e. The van der Waals surface area contributed by atoms with Crippen LogP contribution in [0.1, 0.15) is 37.8 Å². The Morgan fingerprint density at radius 1 is 1.37 bits per heavy atom. The topological polar surface area (TPSA) is 64.9 Å². The van der Waals surface area contributed by atoms with Gasteiger partial charge in [-0.2, -0.15) is 5.26 Å². The maximum Gasteiger partial charge on any atom is 0.234 e. The minimum Gasteiger partial charge on any atom is -0.353 e. The van der Waals surface area contributed by atoms with Crippen molar-refractivity contribution in [3.63, 3.8) is 0 Å². The molecule has 1 aromatic carbocycles. The van der Waals surface area contributed by atoms with Gasteiger partial charge in [-0.3, -0.25) is 4.79 Å². The lowest BCUT2D eigenvalue weighted by Gasteiger charge is -2.13. The highest BCUT2D eigenvalue weighted by Gasteiger charge is 2.05. The third kappa shape index (κ3) is 6.03. The third-order valence-electron chi connectivity index (χ3n) is 2.83. The number of carbonyl (C=O) groups excluding carboxylic acids is 1. The van der Waals surface area contributed by atoms with Crippen LogP contribution in [-0.2, 0) is 11.3 Å². The van der Waals surface area contributed by atoms with Crippen molar-refractivity contribution < 1.29 is 4.79 Å². The van der Waals surface area contributed by atoms with E-state index in [1.54, 1.807) is 12.1 Å². The highest BCUT2D eigenvalue weighted by molar-refractivity contribution is 5.78. The molecule has 4 heteroatoms. The van der Waals surface area contributed by atoms with Gasteiger partial charge < -0.3 is 10.6 Å². The van der Waals surface area contributed by atoms with Crippen molar-refractivity contribution >= 4 is 5.91 Å². The first kappa shape index (κ1) is 15.2. The predicted molar refractivity (Wildman–Crippen MR) is 75.4 cm³/mol. The predicted octanol–water partition coefficient (Wildman–Crippen LogP) is 1.95. The molecule has 0 bridgehead atoms. The van der Waals surface area contributed by atoms with Crippen LogP contribution >= 0.6 is 0 Å². The normalized spacial score (nSPS) is 11.6. The molecule has 0 radical (unpaired) electrons. The molecule has 0 aromatic heterocycles. The van der Waals surface area contributed by atoms with Crippen molar-refractivity contribution in [2.45, 2.75) is 39.3 Å². The Hall–Kier alpha value is -1.86. The maximum atomic E-state index is 11.6. The number of nitrogens with zero attached hydrogens (tertiary/aromatic N) is 1. The Bertz CT molecular complexity index is 434. The summed E-state index contributed by atoms with van der Waals surface area (Å²) in [5.74, 6) is 0.0228. The van der Waals surface area contributed by atoms with Crippen LogP contribution in [0.25, 0.3) is 0 Å². The summed E-state index contributed by atoms with van der Waals surface area (Å²) in [5, 5.41) is 14.7. The highest BCUT2D eigenvalue weighted by Crippen LogP contribution is 2.02. The molecular weight excluding hydrogens is 238 g/mol. The van der Waals surface area contributed by atoms with Crippen LogP contribution in [-0.4, -0.2) is 18.5 Å². The zero-order valence-corrected chi connectivity index (χ0v) is 11.6. The monoisotopic (exact) mass is 259 g/mol. The van der Waals surface area contributed by atoms with E-state index in [9.17, 15) is 4.79 Å². The van der Waals surface area contributed by atoms with Crippen molar-refractivity contribution in [1.82, 2.24) is 10.6 Å². The van der Waals surface area contributed by atoms with Crippen LogP contribution in [0.3, 0.4) is 0 Å². The number of nitrogens with one attached hydrogen (secondary N) is 2. The van der Waals surface area contributed by atoms with E-state index in [-0.39, 0.29) is 11.9 Å². The Kier molecular flexibility index (Phi) is 6.62. The average molecular weight is 259 g/mol. The van der Waals surface area contributed by atoms with Crippen molar-refractivity contribution in [2.75, 3.05) is 6.54 Å². The molecule has 0 fully saturated rings. The van der Waals surface area contributed by atoms with Crippen molar-refractivity contribution in [2.24, 2.45) is 0 Å². The standard InChI is InChI=1S/C15H21N3O/c1-3-4-12(2)18-15(19)11-17-10-14-7-5-13(9-16)6-8-14/h5-8,12,17H,3-4,10-11H2,1-2H3,(H,18,19). The highest BCUT2D eigenvalue weighted by atomic mass is 16.1. The molecule has 19 heavy (non-hydrogen) atoms. The molecule has 0 saturated carbocycles. The zero-order valence-electron chi connectivity index (χ0n) is 11.6. The van der Waals surface area contributed by atoms with Gasteiger partial charge in [0, 0.05) is 12.6 Å². The number of hydrogen-bond donors (Lipinski definition) is 2. The van der Waals surface area contributed by atoms with E-state index in [4.69, 9.17) is 5.26 Å². The lowest BCUT2D eigenvalue weighted by atomic mass is 10.1. The average Bonchev–Trinajstić information content (AvgIpc) is 2.39. The molecule has 1 rings (SSSR count). The van der Waals surface area contributed by atoms with Gasteiger partial charge in [0.1, 0.15) is 0 Å². The fourth-order valence-corrected chi connectivity index (χ4v) is 1.85. The molecular formula is C15H21N3O. The molecule has 1 unspecified atom stereocenters. The Morgan fingerprint density at radius 2 is 2.05 bits per heavy atom. The SMILES string of the molecule is CCCC(C)NC(=O)CNCc1ccc(C#N)cc1. The van der Waals surface area contributed by atoms with Crippen LogP contribution in [0.2, 0.25) is 0 Å². The number of carbonyl (C=O) groups is 1. The maximum absolute atomic E-state index is 11.6. The van der Waals surface area contributed by atoms with Crippen molar-refractivity contribution in [3.8, 4) is 6.07 Å². The van der Waals surface area contributed by atoms with Gasteiger partial charge in [0.15, 0.2) is 0 Å². The Labute approximate surface area is 114 Å². The van der Waals surface area contributed by atoms with Gasteiger partial charge in [-0.25, -0.2) is 0 Å². The molecule has 1 aromatic rings. The summed E-state index contributed by atoms with van der Waals surface area (Å²) >= 11 is 0. The van der Waals surface area contributed by atoms with Crippen LogP contribution in [0.5, 0.6) is 0 Å². The molecule has 0 aliphatic carbocycles. The summed E-state index contributed by atoms with van der Waals surface area (Å²) < 4.78 is 0. The quantitative estimate of drug-likeness (QED) is 0.786. The van der Waals surface area contributed by atoms with Crippen molar-refractivity contribution in [1.29, 1.82) is 5.26 Å². The molecule has 1 atom stereocenters. The van der Waals surface area contributed by atoms with Crippen LogP contribution < -0.4 is 10.6 Å². The van der Waals surface area contributed by atoms with E-state index >= 15 is 0 Å². The molecule has 0 heterocycles. The summed E-state index contributed by atoms with van der Waals surface area (Å²) in [4.78, 5) is 11.6. The molecule has 1 amide bonds. The lowest BCUT2D eigenvalue weighted by molar-refractivity contribution is -0.120. The zero-order chi connectivity index (χ0) is 14.1. The van der Waals surface area contributed by atoms with Gasteiger partial charge in [-0.15, -0.1) is 0 Å². The van der Waals surface area contributed by atoms with E-state index in [0.717, 1.165) is 18.4 Å². The van der Waals surface area contributed by atoms with Crippen molar-refractivity contribution in [3.05, 3.63) is 35.4 Å². The third-order valence-corrected chi connectivity index (χ3v) is 2.83. The van der Waals surface area contributed by atoms with Gasteiger partial charge in [0.25, 0.3) is 0 Å². The van der Waals surface area contributed by atoms with E-state index in [1.165, 1.54) is 0 Å². The summed E-state index contributed by atoms with van der Waals surface area (Å²) in [6.45, 7) is 5.06. The number of benzene rings is 1. The number of amides is 1. The summed E-state index contributed by atoms with van der Waals surface area (Å²) in [5.41, 5.74) is 1.71. The molecule has 0 aliphatic heterocycles. The number of rotatable bonds is 7. The second-order valence-electron chi connectivity index (χ2n) is 4.67. The summed E-state index contributed by atoms with van der Waals surface area (Å²) in [6.07, 6.45) is 2.07.